The summed E-state index contributed by atoms with van der Waals surface area (Å²) in [6, 6.07) is 35.0. The summed E-state index contributed by atoms with van der Waals surface area (Å²) in [4.78, 5) is 50.2. The Morgan fingerprint density at radius 3 is 1.40 bits per heavy atom. The van der Waals surface area contributed by atoms with Gasteiger partial charge in [0.25, 0.3) is 0 Å². The number of aliphatic hydroxyl groups is 1. The molecule has 1 aliphatic heterocycles. The van der Waals surface area contributed by atoms with Crippen LogP contribution in [0.3, 0.4) is 0 Å². The number of carbonyl (C=O) groups excluding carboxylic acids is 2. The Kier molecular flexibility index (Phi) is 17.5. The number of hydrogen-bond donors (Lipinski definition) is 3. The van der Waals surface area contributed by atoms with Gasteiger partial charge in [0.1, 0.15) is 25.9 Å². The van der Waals surface area contributed by atoms with Crippen molar-refractivity contribution < 1.29 is 33.3 Å². The zero-order valence-corrected chi connectivity index (χ0v) is 41.2. The molecule has 1 aliphatic rings. The molecule has 0 spiro atoms. The molecule has 0 unspecified atom stereocenters. The van der Waals surface area contributed by atoms with Crippen molar-refractivity contribution in [3.05, 3.63) is 168 Å². The molecule has 364 valence electrons. The second-order valence-electron chi connectivity index (χ2n) is 18.1. The molecule has 0 saturated carbocycles. The van der Waals surface area contributed by atoms with Crippen molar-refractivity contribution in [3.8, 4) is 0 Å². The summed E-state index contributed by atoms with van der Waals surface area (Å²) in [6.07, 6.45) is 7.50. The fourth-order valence-electron chi connectivity index (χ4n) is 6.76. The SMILES string of the molecule is C1CCOC1.CC(C)(C)[Si](C)(C)OCc1ccc(Cn2cnc3c(NC(=O)OCc4ccccc4)ncnc32)cc1.O=C(Nc1ncnc2c1ncn2Cc1ccc(CO)cc1)OCc1ccccc1. The van der Waals surface area contributed by atoms with Gasteiger partial charge in [-0.25, -0.2) is 39.5 Å². The van der Waals surface area contributed by atoms with Crippen molar-refractivity contribution >= 4 is 54.5 Å². The minimum atomic E-state index is -1.79. The highest BCUT2D eigenvalue weighted by atomic mass is 28.4. The summed E-state index contributed by atoms with van der Waals surface area (Å²) < 4.78 is 25.6. The van der Waals surface area contributed by atoms with Gasteiger partial charge in [-0.3, -0.25) is 10.6 Å². The van der Waals surface area contributed by atoms with Gasteiger partial charge >= 0.3 is 12.2 Å². The van der Waals surface area contributed by atoms with Crippen LogP contribution >= 0.6 is 0 Å². The van der Waals surface area contributed by atoms with E-state index in [0.717, 1.165) is 46.6 Å². The molecule has 0 radical (unpaired) electrons. The van der Waals surface area contributed by atoms with Crippen LogP contribution in [0.15, 0.2) is 135 Å². The summed E-state index contributed by atoms with van der Waals surface area (Å²) in [5.41, 5.74) is 8.18. The van der Waals surface area contributed by atoms with Gasteiger partial charge in [-0.2, -0.15) is 0 Å². The second-order valence-corrected chi connectivity index (χ2v) is 22.9. The number of amides is 2. The first-order chi connectivity index (χ1) is 33.8. The highest BCUT2D eigenvalue weighted by Crippen LogP contribution is 2.37. The van der Waals surface area contributed by atoms with Crippen LogP contribution < -0.4 is 10.6 Å². The summed E-state index contributed by atoms with van der Waals surface area (Å²) in [5, 5.41) is 14.6. The van der Waals surface area contributed by atoms with Crippen LogP contribution in [0.25, 0.3) is 22.3 Å². The van der Waals surface area contributed by atoms with Gasteiger partial charge < -0.3 is 32.9 Å². The maximum absolute atomic E-state index is 12.3. The monoisotopic (exact) mass is 964 g/mol. The molecule has 1 fully saturated rings. The zero-order valence-electron chi connectivity index (χ0n) is 40.2. The van der Waals surface area contributed by atoms with E-state index in [2.05, 4.69) is 98.7 Å². The number of rotatable bonds is 14. The average Bonchev–Trinajstić information content (AvgIpc) is 4.18. The number of aromatic nitrogens is 8. The van der Waals surface area contributed by atoms with Crippen LogP contribution in [0.1, 0.15) is 67.0 Å². The number of aliphatic hydroxyl groups excluding tert-OH is 1. The third kappa shape index (κ3) is 14.3. The summed E-state index contributed by atoms with van der Waals surface area (Å²) >= 11 is 0. The number of fused-ring (bicyclic) bond motifs is 2. The molecule has 4 aromatic carbocycles. The Hall–Kier alpha value is -7.38. The Morgan fingerprint density at radius 2 is 1.00 bits per heavy atom. The predicted molar refractivity (Wildman–Crippen MR) is 270 cm³/mol. The molecular weight excluding hydrogens is 905 g/mol. The molecule has 8 aromatic rings. The number of ether oxygens (including phenoxy) is 3. The molecule has 4 aromatic heterocycles. The minimum Gasteiger partial charge on any atom is -0.444 e. The van der Waals surface area contributed by atoms with Gasteiger partial charge in [-0.1, -0.05) is 130 Å². The molecule has 0 bridgehead atoms. The number of nitrogens with one attached hydrogen (secondary N) is 2. The van der Waals surface area contributed by atoms with Crippen molar-refractivity contribution in [1.82, 2.24) is 39.0 Å². The lowest BCUT2D eigenvalue weighted by atomic mass is 10.1. The summed E-state index contributed by atoms with van der Waals surface area (Å²) in [6.45, 7) is 15.4. The number of nitrogens with zero attached hydrogens (tertiary/aromatic N) is 8. The van der Waals surface area contributed by atoms with E-state index in [0.29, 0.717) is 53.7 Å². The third-order valence-corrected chi connectivity index (χ3v) is 16.3. The largest absolute Gasteiger partial charge is 0.444 e. The third-order valence-electron chi connectivity index (χ3n) is 11.8. The smallest absolute Gasteiger partial charge is 0.413 e. The average molecular weight is 965 g/mol. The van der Waals surface area contributed by atoms with Crippen LogP contribution in [-0.2, 0) is 58.2 Å². The van der Waals surface area contributed by atoms with Gasteiger partial charge in [0.15, 0.2) is 42.3 Å². The van der Waals surface area contributed by atoms with Crippen molar-refractivity contribution in [3.63, 3.8) is 0 Å². The van der Waals surface area contributed by atoms with E-state index in [4.69, 9.17) is 23.7 Å². The van der Waals surface area contributed by atoms with E-state index in [9.17, 15) is 9.59 Å². The van der Waals surface area contributed by atoms with Crippen LogP contribution in [0.4, 0.5) is 21.2 Å². The summed E-state index contributed by atoms with van der Waals surface area (Å²) in [7, 11) is -1.79. The molecule has 2 amide bonds. The lowest BCUT2D eigenvalue weighted by Gasteiger charge is -2.36. The molecule has 1 saturated heterocycles. The van der Waals surface area contributed by atoms with Crippen molar-refractivity contribution in [2.75, 3.05) is 23.8 Å². The number of benzene rings is 4. The Morgan fingerprint density at radius 1 is 0.586 bits per heavy atom. The predicted octanol–water partition coefficient (Wildman–Crippen LogP) is 10.1. The first-order valence-corrected chi connectivity index (χ1v) is 26.0. The zero-order chi connectivity index (χ0) is 49.4. The van der Waals surface area contributed by atoms with E-state index in [-0.39, 0.29) is 24.9 Å². The number of anilines is 2. The first kappa shape index (κ1) is 50.5. The van der Waals surface area contributed by atoms with Crippen molar-refractivity contribution in [2.24, 2.45) is 0 Å². The van der Waals surface area contributed by atoms with Gasteiger partial charge in [0, 0.05) is 13.2 Å². The van der Waals surface area contributed by atoms with Crippen molar-refractivity contribution in [1.29, 1.82) is 0 Å². The number of hydrogen-bond acceptors (Lipinski definition) is 13. The summed E-state index contributed by atoms with van der Waals surface area (Å²) in [5.74, 6) is 0.609. The van der Waals surface area contributed by atoms with E-state index < -0.39 is 20.5 Å². The second kappa shape index (κ2) is 24.3. The topological polar surface area (TPSA) is 203 Å². The number of carbonyl (C=O) groups is 2. The minimum absolute atomic E-state index is 0.0108. The molecule has 9 rings (SSSR count). The molecule has 0 atom stereocenters. The fourth-order valence-corrected chi connectivity index (χ4v) is 7.72. The van der Waals surface area contributed by atoms with Gasteiger partial charge in [0.05, 0.1) is 39.0 Å². The highest BCUT2D eigenvalue weighted by Gasteiger charge is 2.37. The van der Waals surface area contributed by atoms with Crippen LogP contribution in [0, 0.1) is 0 Å². The highest BCUT2D eigenvalue weighted by molar-refractivity contribution is 6.74. The molecule has 0 aliphatic carbocycles. The lowest BCUT2D eigenvalue weighted by Crippen LogP contribution is -2.40. The molecule has 5 heterocycles. The van der Waals surface area contributed by atoms with Gasteiger partial charge in [0.2, 0.25) is 0 Å². The van der Waals surface area contributed by atoms with Gasteiger partial charge in [-0.15, -0.1) is 0 Å². The van der Waals surface area contributed by atoms with E-state index >= 15 is 0 Å². The van der Waals surface area contributed by atoms with E-state index in [1.54, 1.807) is 12.7 Å². The Labute approximate surface area is 408 Å². The lowest BCUT2D eigenvalue weighted by molar-refractivity contribution is 0.154. The fraction of sp³-hybridized carbons (Fsp3) is 0.308. The van der Waals surface area contributed by atoms with E-state index in [1.807, 2.05) is 94.1 Å². The molecule has 70 heavy (non-hydrogen) atoms. The van der Waals surface area contributed by atoms with Crippen LogP contribution in [0.2, 0.25) is 18.1 Å². The van der Waals surface area contributed by atoms with Crippen LogP contribution in [0.5, 0.6) is 0 Å². The maximum Gasteiger partial charge on any atom is 0.413 e. The standard InChI is InChI=1S/C27H33N5O3Si.C21H19N5O3.C4H8O/c1-27(2,3)36(4,5)35-17-22-13-11-20(12-14-22)15-32-19-30-23-24(28-18-29-25(23)32)31-26(33)34-16-21-9-7-6-8-10-21;27-11-16-8-6-15(7-9-16)10-26-14-24-18-19(22-13-23-20(18)26)25-21(28)29-12-17-4-2-1-3-5-17;1-2-4-5-3-1/h6-14,18-19H,15-17H2,1-5H3,(H,28,29,31,33);1-9,13-14,27H,10-12H2,(H,22,23,25,28);1-4H2. The Balaban J connectivity index is 0.000000190. The molecule has 3 N–H and O–H groups in total. The van der Waals surface area contributed by atoms with E-state index in [1.165, 1.54) is 25.5 Å². The first-order valence-electron chi connectivity index (χ1n) is 23.1. The molecular formula is C52H60N10O7Si. The molecule has 17 nitrogen and oxygen atoms in total. The quantitative estimate of drug-likeness (QED) is 0.0870. The molecule has 18 heteroatoms. The normalized spacial score (nSPS) is 12.4. The van der Waals surface area contributed by atoms with Crippen LogP contribution in [-0.4, -0.2) is 77.9 Å². The number of imidazole rings is 2. The van der Waals surface area contributed by atoms with Crippen molar-refractivity contribution in [2.45, 2.75) is 91.3 Å². The van der Waals surface area contributed by atoms with Gasteiger partial charge in [-0.05, 0) is 64.4 Å². The maximum atomic E-state index is 12.3. The Bertz CT molecular complexity index is 2900.